The molecule has 0 radical (unpaired) electrons. The van der Waals surface area contributed by atoms with Crippen LogP contribution in [0.3, 0.4) is 0 Å². The summed E-state index contributed by atoms with van der Waals surface area (Å²) in [4.78, 5) is 0. The Morgan fingerprint density at radius 1 is 1.09 bits per heavy atom. The van der Waals surface area contributed by atoms with Crippen molar-refractivity contribution in [2.75, 3.05) is 11.8 Å². The lowest BCUT2D eigenvalue weighted by Crippen LogP contribution is -2.03. The van der Waals surface area contributed by atoms with E-state index in [9.17, 15) is 4.57 Å². The number of benzene rings is 2. The highest BCUT2D eigenvalue weighted by molar-refractivity contribution is 7.60. The molecule has 0 amide bonds. The molecule has 0 saturated carbocycles. The van der Waals surface area contributed by atoms with E-state index in [1.165, 1.54) is 12.2 Å². The van der Waals surface area contributed by atoms with E-state index >= 15 is 0 Å². The van der Waals surface area contributed by atoms with Gasteiger partial charge in [-0.25, -0.2) is 0 Å². The molecule has 0 aliphatic rings. The van der Waals surface area contributed by atoms with Crippen molar-refractivity contribution in [2.45, 2.75) is 19.8 Å². The van der Waals surface area contributed by atoms with E-state index in [4.69, 9.17) is 27.7 Å². The maximum atomic E-state index is 12.6. The lowest BCUT2D eigenvalue weighted by molar-refractivity contribution is 0.493. The molecule has 6 heteroatoms. The van der Waals surface area contributed by atoms with E-state index < -0.39 is 7.52 Å². The summed E-state index contributed by atoms with van der Waals surface area (Å²) >= 11 is 12.0. The maximum Gasteiger partial charge on any atom is 0.338 e. The zero-order chi connectivity index (χ0) is 16.3. The van der Waals surface area contributed by atoms with E-state index in [2.05, 4.69) is 18.9 Å². The first kappa shape index (κ1) is 17.2. The van der Waals surface area contributed by atoms with Crippen LogP contribution in [0.5, 0.6) is 5.75 Å². The number of anilines is 1. The van der Waals surface area contributed by atoms with Gasteiger partial charge >= 0.3 is 7.52 Å². The van der Waals surface area contributed by atoms with Gasteiger partial charge in [0, 0.05) is 11.7 Å². The molecule has 0 fully saturated rings. The van der Waals surface area contributed by atoms with Gasteiger partial charge in [0.05, 0.1) is 10.7 Å². The standard InChI is InChI=1S/C16H18Cl2NO2P/c1-11(2)12-4-7-14(8-5-12)21-22(3,20)19-16-10-13(17)6-9-15(16)18/h4-11H,1-3H3,(H,19,20)/t22-/m0/s1. The molecule has 0 aliphatic heterocycles. The predicted octanol–water partition coefficient (Wildman–Crippen LogP) is 6.43. The Morgan fingerprint density at radius 2 is 1.73 bits per heavy atom. The second-order valence-electron chi connectivity index (χ2n) is 5.40. The quantitative estimate of drug-likeness (QED) is 0.626. The molecule has 0 unspecified atom stereocenters. The lowest BCUT2D eigenvalue weighted by atomic mass is 10.0. The summed E-state index contributed by atoms with van der Waals surface area (Å²) in [5.41, 5.74) is 1.68. The van der Waals surface area contributed by atoms with Gasteiger partial charge in [-0.2, -0.15) is 0 Å². The van der Waals surface area contributed by atoms with E-state index in [0.29, 0.717) is 27.4 Å². The van der Waals surface area contributed by atoms with E-state index in [1.807, 2.05) is 24.3 Å². The summed E-state index contributed by atoms with van der Waals surface area (Å²) in [6.45, 7) is 5.73. The molecule has 2 rings (SSSR count). The Balaban J connectivity index is 2.13. The SMILES string of the molecule is CC(C)c1ccc(O[P@](C)(=O)Nc2cc(Cl)ccc2Cl)cc1. The van der Waals surface area contributed by atoms with Crippen molar-refractivity contribution < 1.29 is 9.09 Å². The molecular weight excluding hydrogens is 340 g/mol. The van der Waals surface area contributed by atoms with Crippen molar-refractivity contribution in [3.05, 3.63) is 58.1 Å². The molecule has 22 heavy (non-hydrogen) atoms. The van der Waals surface area contributed by atoms with Crippen LogP contribution in [0.1, 0.15) is 25.3 Å². The van der Waals surface area contributed by atoms with E-state index in [-0.39, 0.29) is 0 Å². The molecule has 118 valence electrons. The summed E-state index contributed by atoms with van der Waals surface area (Å²) in [5.74, 6) is 0.978. The molecule has 0 aromatic heterocycles. The van der Waals surface area contributed by atoms with Crippen LogP contribution in [0, 0.1) is 0 Å². The smallest absolute Gasteiger partial charge is 0.338 e. The van der Waals surface area contributed by atoms with Crippen LogP contribution in [0.15, 0.2) is 42.5 Å². The van der Waals surface area contributed by atoms with Gasteiger partial charge < -0.3 is 9.61 Å². The minimum Gasteiger partial charge on any atom is -0.429 e. The average molecular weight is 358 g/mol. The average Bonchev–Trinajstić information content (AvgIpc) is 2.42. The monoisotopic (exact) mass is 357 g/mol. The third-order valence-corrected chi connectivity index (χ3v) is 4.85. The Labute approximate surface area is 141 Å². The van der Waals surface area contributed by atoms with E-state index in [0.717, 1.165) is 0 Å². The van der Waals surface area contributed by atoms with Crippen molar-refractivity contribution in [1.82, 2.24) is 0 Å². The van der Waals surface area contributed by atoms with Crippen LogP contribution in [0.25, 0.3) is 0 Å². The van der Waals surface area contributed by atoms with Crippen LogP contribution >= 0.6 is 30.7 Å². The number of hydrogen-bond donors (Lipinski definition) is 1. The third-order valence-electron chi connectivity index (χ3n) is 3.08. The molecule has 0 bridgehead atoms. The van der Waals surface area contributed by atoms with E-state index in [1.54, 1.807) is 18.2 Å². The molecular formula is C16H18Cl2NO2P. The third kappa shape index (κ3) is 4.67. The van der Waals surface area contributed by atoms with Crippen LogP contribution in [-0.2, 0) is 4.57 Å². The highest BCUT2D eigenvalue weighted by atomic mass is 35.5. The minimum absolute atomic E-state index is 0.435. The molecule has 1 atom stereocenters. The van der Waals surface area contributed by atoms with Gasteiger partial charge in [-0.1, -0.05) is 49.2 Å². The van der Waals surface area contributed by atoms with Gasteiger partial charge in [0.25, 0.3) is 0 Å². The first-order valence-corrected chi connectivity index (χ1v) is 9.70. The Bertz CT molecular complexity index is 702. The molecule has 0 spiro atoms. The van der Waals surface area contributed by atoms with Crippen molar-refractivity contribution in [1.29, 1.82) is 0 Å². The molecule has 2 aromatic rings. The zero-order valence-electron chi connectivity index (χ0n) is 12.6. The molecule has 3 nitrogen and oxygen atoms in total. The van der Waals surface area contributed by atoms with Crippen molar-refractivity contribution >= 4 is 36.4 Å². The van der Waals surface area contributed by atoms with Gasteiger partial charge in [0.1, 0.15) is 5.75 Å². The molecule has 0 saturated heterocycles. The minimum atomic E-state index is -3.12. The highest BCUT2D eigenvalue weighted by Gasteiger charge is 2.19. The normalized spacial score (nSPS) is 13.7. The molecule has 2 aromatic carbocycles. The summed E-state index contributed by atoms with van der Waals surface area (Å²) in [5, 5.41) is 3.77. The van der Waals surface area contributed by atoms with Crippen LogP contribution < -0.4 is 9.61 Å². The first-order valence-electron chi connectivity index (χ1n) is 6.87. The zero-order valence-corrected chi connectivity index (χ0v) is 15.0. The molecule has 1 N–H and O–H groups in total. The van der Waals surface area contributed by atoms with Crippen molar-refractivity contribution in [3.8, 4) is 5.75 Å². The van der Waals surface area contributed by atoms with Gasteiger partial charge in [-0.3, -0.25) is 4.57 Å². The predicted molar refractivity (Wildman–Crippen MR) is 94.8 cm³/mol. The fraction of sp³-hybridized carbons (Fsp3) is 0.250. The van der Waals surface area contributed by atoms with Crippen molar-refractivity contribution in [3.63, 3.8) is 0 Å². The number of rotatable bonds is 5. The first-order chi connectivity index (χ1) is 10.3. The largest absolute Gasteiger partial charge is 0.429 e. The second-order valence-corrected chi connectivity index (χ2v) is 8.34. The van der Waals surface area contributed by atoms with Crippen molar-refractivity contribution in [2.24, 2.45) is 0 Å². The highest BCUT2D eigenvalue weighted by Crippen LogP contribution is 2.45. The lowest BCUT2D eigenvalue weighted by Gasteiger charge is -2.18. The summed E-state index contributed by atoms with van der Waals surface area (Å²) < 4.78 is 18.2. The fourth-order valence-electron chi connectivity index (χ4n) is 1.94. The molecule has 0 heterocycles. The second kappa shape index (κ2) is 6.95. The number of halogens is 2. The summed E-state index contributed by atoms with van der Waals surface area (Å²) in [6.07, 6.45) is 0. The van der Waals surface area contributed by atoms with Crippen LogP contribution in [0.2, 0.25) is 10.0 Å². The van der Waals surface area contributed by atoms with Gasteiger partial charge in [0.2, 0.25) is 0 Å². The van der Waals surface area contributed by atoms with Crippen LogP contribution in [0.4, 0.5) is 5.69 Å². The van der Waals surface area contributed by atoms with Gasteiger partial charge in [0.15, 0.2) is 0 Å². The summed E-state index contributed by atoms with van der Waals surface area (Å²) in [6, 6.07) is 12.5. The Hall–Kier alpha value is -1.15. The maximum absolute atomic E-state index is 12.6. The summed E-state index contributed by atoms with van der Waals surface area (Å²) in [7, 11) is -3.12. The molecule has 0 aliphatic carbocycles. The number of hydrogen-bond acceptors (Lipinski definition) is 2. The number of nitrogens with one attached hydrogen (secondary N) is 1. The topological polar surface area (TPSA) is 38.3 Å². The Morgan fingerprint density at radius 3 is 2.32 bits per heavy atom. The Kier molecular flexibility index (Phi) is 5.44. The fourth-order valence-corrected chi connectivity index (χ4v) is 3.53. The van der Waals surface area contributed by atoms with Crippen LogP contribution in [-0.4, -0.2) is 6.66 Å². The van der Waals surface area contributed by atoms with Gasteiger partial charge in [-0.05, 0) is 41.8 Å². The van der Waals surface area contributed by atoms with Gasteiger partial charge in [-0.15, -0.1) is 0 Å².